The number of rotatable bonds is 5. The first-order valence-corrected chi connectivity index (χ1v) is 9.34. The van der Waals surface area contributed by atoms with Crippen LogP contribution in [0.3, 0.4) is 0 Å². The van der Waals surface area contributed by atoms with Crippen LogP contribution in [-0.4, -0.2) is 21.9 Å². The average Bonchev–Trinajstić information content (AvgIpc) is 3.18. The van der Waals surface area contributed by atoms with Crippen LogP contribution in [0.2, 0.25) is 0 Å². The number of hydrogen-bond donors (Lipinski definition) is 1. The quantitative estimate of drug-likeness (QED) is 0.623. The van der Waals surface area contributed by atoms with Gasteiger partial charge in [0.05, 0.1) is 16.3 Å². The van der Waals surface area contributed by atoms with E-state index >= 15 is 0 Å². The lowest BCUT2D eigenvalue weighted by molar-refractivity contribution is -0.113. The van der Waals surface area contributed by atoms with E-state index in [1.54, 1.807) is 0 Å². The fourth-order valence-corrected chi connectivity index (χ4v) is 3.60. The van der Waals surface area contributed by atoms with Crippen LogP contribution in [0.1, 0.15) is 5.56 Å². The highest BCUT2D eigenvalue weighted by atomic mass is 79.9. The Kier molecular flexibility index (Phi) is 5.14. The molecule has 0 aliphatic carbocycles. The molecule has 0 atom stereocenters. The Morgan fingerprint density at radius 1 is 1.39 bits per heavy atom. The number of carbonyl (C=O) groups is 1. The molecular weight excluding hydrogens is 398 g/mol. The third kappa shape index (κ3) is 4.21. The zero-order valence-electron chi connectivity index (χ0n) is 12.1. The van der Waals surface area contributed by atoms with Gasteiger partial charge in [-0.15, -0.1) is 21.5 Å². The van der Waals surface area contributed by atoms with Gasteiger partial charge in [0.1, 0.15) is 0 Å². The van der Waals surface area contributed by atoms with Crippen molar-refractivity contribution < 1.29 is 9.21 Å². The molecule has 8 heteroatoms. The van der Waals surface area contributed by atoms with E-state index in [9.17, 15) is 4.79 Å². The highest BCUT2D eigenvalue weighted by Crippen LogP contribution is 2.27. The van der Waals surface area contributed by atoms with Crippen LogP contribution in [-0.2, 0) is 4.79 Å². The third-order valence-corrected chi connectivity index (χ3v) is 5.20. The number of carbonyl (C=O) groups excluding carboxylic acids is 1. The molecule has 0 saturated heterocycles. The molecule has 5 nitrogen and oxygen atoms in total. The number of aromatic nitrogens is 2. The van der Waals surface area contributed by atoms with E-state index in [2.05, 4.69) is 31.4 Å². The number of aryl methyl sites for hydroxylation is 1. The van der Waals surface area contributed by atoms with Crippen molar-refractivity contribution in [3.63, 3.8) is 0 Å². The maximum absolute atomic E-state index is 12.0. The number of hydrogen-bond acceptors (Lipinski definition) is 6. The molecule has 2 heterocycles. The number of thiophene rings is 1. The van der Waals surface area contributed by atoms with E-state index in [-0.39, 0.29) is 11.7 Å². The lowest BCUT2D eigenvalue weighted by Gasteiger charge is -2.07. The zero-order chi connectivity index (χ0) is 16.2. The van der Waals surface area contributed by atoms with Gasteiger partial charge in [-0.25, -0.2) is 0 Å². The summed E-state index contributed by atoms with van der Waals surface area (Å²) in [5.41, 5.74) is 1.86. The van der Waals surface area contributed by atoms with Crippen molar-refractivity contribution in [1.82, 2.24) is 10.2 Å². The van der Waals surface area contributed by atoms with Gasteiger partial charge >= 0.3 is 0 Å². The van der Waals surface area contributed by atoms with Gasteiger partial charge in [-0.2, -0.15) is 0 Å². The molecule has 0 aliphatic heterocycles. The molecule has 3 aromatic rings. The summed E-state index contributed by atoms with van der Waals surface area (Å²) in [6.45, 7) is 1.99. The topological polar surface area (TPSA) is 68.0 Å². The van der Waals surface area contributed by atoms with Gasteiger partial charge in [-0.1, -0.05) is 23.9 Å². The van der Waals surface area contributed by atoms with Gasteiger partial charge < -0.3 is 9.73 Å². The standard InChI is InChI=1S/C15H12BrN3O2S2/c1-9-4-5-11(10(16)7-9)17-13(20)8-23-15-19-18-14(21-15)12-3-2-6-22-12/h2-7H,8H2,1H3,(H,17,20). The maximum atomic E-state index is 12.0. The fraction of sp³-hybridized carbons (Fsp3) is 0.133. The second kappa shape index (κ2) is 7.29. The highest BCUT2D eigenvalue weighted by Gasteiger charge is 2.12. The van der Waals surface area contributed by atoms with E-state index in [4.69, 9.17) is 4.42 Å². The number of thioether (sulfide) groups is 1. The molecule has 1 aromatic carbocycles. The summed E-state index contributed by atoms with van der Waals surface area (Å²) in [7, 11) is 0. The van der Waals surface area contributed by atoms with Crippen LogP contribution in [0.25, 0.3) is 10.8 Å². The lowest BCUT2D eigenvalue weighted by atomic mass is 10.2. The Balaban J connectivity index is 1.57. The van der Waals surface area contributed by atoms with Gasteiger partial charge in [0.25, 0.3) is 11.1 Å². The number of benzene rings is 1. The number of anilines is 1. The third-order valence-electron chi connectivity index (χ3n) is 2.86. The lowest BCUT2D eigenvalue weighted by Crippen LogP contribution is -2.14. The van der Waals surface area contributed by atoms with E-state index in [0.717, 1.165) is 20.6 Å². The molecular formula is C15H12BrN3O2S2. The van der Waals surface area contributed by atoms with Crippen LogP contribution in [0.5, 0.6) is 0 Å². The summed E-state index contributed by atoms with van der Waals surface area (Å²) < 4.78 is 6.39. The Hall–Kier alpha value is -1.64. The smallest absolute Gasteiger partial charge is 0.277 e. The van der Waals surface area contributed by atoms with Crippen LogP contribution >= 0.6 is 39.0 Å². The van der Waals surface area contributed by atoms with Crippen molar-refractivity contribution in [3.05, 3.63) is 45.7 Å². The molecule has 2 aromatic heterocycles. The second-order valence-electron chi connectivity index (χ2n) is 4.67. The van der Waals surface area contributed by atoms with Crippen molar-refractivity contribution in [2.24, 2.45) is 0 Å². The number of amides is 1. The van der Waals surface area contributed by atoms with Crippen LogP contribution < -0.4 is 5.32 Å². The number of nitrogens with one attached hydrogen (secondary N) is 1. The van der Waals surface area contributed by atoms with Gasteiger partial charge in [0, 0.05) is 4.47 Å². The molecule has 1 N–H and O–H groups in total. The van der Waals surface area contributed by atoms with Gasteiger partial charge in [0.15, 0.2) is 0 Å². The molecule has 0 radical (unpaired) electrons. The predicted molar refractivity (Wildman–Crippen MR) is 95.8 cm³/mol. The van der Waals surface area contributed by atoms with Crippen molar-refractivity contribution in [2.45, 2.75) is 12.1 Å². The molecule has 1 amide bonds. The van der Waals surface area contributed by atoms with Gasteiger partial charge in [-0.3, -0.25) is 4.79 Å². The van der Waals surface area contributed by atoms with Crippen LogP contribution in [0.4, 0.5) is 5.69 Å². The summed E-state index contributed by atoms with van der Waals surface area (Å²) in [5, 5.41) is 13.1. The van der Waals surface area contributed by atoms with Crippen molar-refractivity contribution >= 4 is 50.6 Å². The minimum absolute atomic E-state index is 0.129. The zero-order valence-corrected chi connectivity index (χ0v) is 15.3. The van der Waals surface area contributed by atoms with E-state index in [0.29, 0.717) is 11.1 Å². The molecule has 0 fully saturated rings. The van der Waals surface area contributed by atoms with Crippen molar-refractivity contribution in [1.29, 1.82) is 0 Å². The molecule has 118 valence electrons. The first-order valence-electron chi connectivity index (χ1n) is 6.68. The maximum Gasteiger partial charge on any atom is 0.277 e. The summed E-state index contributed by atoms with van der Waals surface area (Å²) in [4.78, 5) is 12.9. The van der Waals surface area contributed by atoms with Crippen molar-refractivity contribution in [2.75, 3.05) is 11.1 Å². The Morgan fingerprint density at radius 2 is 2.26 bits per heavy atom. The largest absolute Gasteiger partial charge is 0.410 e. The van der Waals surface area contributed by atoms with Crippen molar-refractivity contribution in [3.8, 4) is 10.8 Å². The van der Waals surface area contributed by atoms with Gasteiger partial charge in [-0.05, 0) is 52.0 Å². The summed E-state index contributed by atoms with van der Waals surface area (Å²) in [5.74, 6) is 0.548. The molecule has 0 unspecified atom stereocenters. The monoisotopic (exact) mass is 409 g/mol. The molecule has 23 heavy (non-hydrogen) atoms. The summed E-state index contributed by atoms with van der Waals surface area (Å²) in [6, 6.07) is 9.59. The Bertz CT molecular complexity index is 818. The second-order valence-corrected chi connectivity index (χ2v) is 7.40. The Labute approximate surface area is 149 Å². The first kappa shape index (κ1) is 16.2. The Morgan fingerprint density at radius 3 is 3.00 bits per heavy atom. The van der Waals surface area contributed by atoms with Gasteiger partial charge in [0.2, 0.25) is 5.91 Å². The van der Waals surface area contributed by atoms with E-state index < -0.39 is 0 Å². The summed E-state index contributed by atoms with van der Waals surface area (Å²) >= 11 is 6.18. The highest BCUT2D eigenvalue weighted by molar-refractivity contribution is 9.10. The van der Waals surface area contributed by atoms with E-state index in [1.165, 1.54) is 23.1 Å². The molecule has 0 aliphatic rings. The molecule has 0 spiro atoms. The SMILES string of the molecule is Cc1ccc(NC(=O)CSc2nnc(-c3cccs3)o2)c(Br)c1. The number of halogens is 1. The molecule has 0 saturated carbocycles. The minimum atomic E-state index is -0.129. The molecule has 0 bridgehead atoms. The first-order chi connectivity index (χ1) is 11.1. The van der Waals surface area contributed by atoms with E-state index in [1.807, 2.05) is 42.6 Å². The number of nitrogens with zero attached hydrogens (tertiary/aromatic N) is 2. The average molecular weight is 410 g/mol. The summed E-state index contributed by atoms with van der Waals surface area (Å²) in [6.07, 6.45) is 0. The molecule has 3 rings (SSSR count). The normalized spacial score (nSPS) is 10.7. The fourth-order valence-electron chi connectivity index (χ4n) is 1.80. The predicted octanol–water partition coefficient (Wildman–Crippen LogP) is 4.60. The van der Waals surface area contributed by atoms with Crippen LogP contribution in [0, 0.1) is 6.92 Å². The minimum Gasteiger partial charge on any atom is -0.410 e. The van der Waals surface area contributed by atoms with Crippen LogP contribution in [0.15, 0.2) is 49.8 Å².